The predicted molar refractivity (Wildman–Crippen MR) is 24.0 cm³/mol. The van der Waals surface area contributed by atoms with Gasteiger partial charge in [-0.2, -0.15) is 13.2 Å². The molecule has 0 amide bonds. The fourth-order valence-electron chi connectivity index (χ4n) is 0.306. The molecule has 0 aromatic rings. The molecule has 0 bridgehead atoms. The molecule has 0 heterocycles. The molecule has 1 nitrogen and oxygen atoms in total. The minimum Gasteiger partial charge on any atom is -0.454 e. The molecular weight excluding hydrogens is 119 g/mol. The van der Waals surface area contributed by atoms with Crippen LogP contribution in [0.15, 0.2) is 0 Å². The van der Waals surface area contributed by atoms with E-state index >= 15 is 0 Å². The number of rotatable bonds is 1. The Morgan fingerprint density at radius 1 is 1.50 bits per heavy atom. The van der Waals surface area contributed by atoms with E-state index in [-0.39, 0.29) is 0 Å². The molecule has 8 heavy (non-hydrogen) atoms. The van der Waals surface area contributed by atoms with Crippen LogP contribution < -0.4 is 0 Å². The Bertz CT molecular complexity index is 66.2. The first-order valence-corrected chi connectivity index (χ1v) is 2.00. The molecule has 0 N–H and O–H groups in total. The number of hydrogen-bond acceptors (Lipinski definition) is 1. The lowest BCUT2D eigenvalue weighted by Crippen LogP contribution is -2.25. The number of halogens is 3. The topological polar surface area (TPSA) is 3.24 Å². The standard InChI is InChI=1S/C4H7F3N/c1-8(2)3-4(5,6)7/h1,3H2,2H3/q-1. The third-order valence-corrected chi connectivity index (χ3v) is 0.449. The van der Waals surface area contributed by atoms with Gasteiger partial charge in [0.2, 0.25) is 0 Å². The summed E-state index contributed by atoms with van der Waals surface area (Å²) in [7, 11) is 4.31. The highest BCUT2D eigenvalue weighted by molar-refractivity contribution is 4.55. The Balaban J connectivity index is 3.39. The van der Waals surface area contributed by atoms with Crippen molar-refractivity contribution < 1.29 is 13.2 Å². The third-order valence-electron chi connectivity index (χ3n) is 0.449. The lowest BCUT2D eigenvalue weighted by Gasteiger charge is -2.19. The third kappa shape index (κ3) is 5.75. The lowest BCUT2D eigenvalue weighted by molar-refractivity contribution is -0.138. The van der Waals surface area contributed by atoms with E-state index in [1.165, 1.54) is 7.05 Å². The van der Waals surface area contributed by atoms with Gasteiger partial charge in [0.1, 0.15) is 0 Å². The second-order valence-corrected chi connectivity index (χ2v) is 1.63. The van der Waals surface area contributed by atoms with E-state index in [0.29, 0.717) is 0 Å². The van der Waals surface area contributed by atoms with Crippen LogP contribution in [-0.4, -0.2) is 24.7 Å². The van der Waals surface area contributed by atoms with Gasteiger partial charge in [0, 0.05) is 0 Å². The maximum atomic E-state index is 11.2. The van der Waals surface area contributed by atoms with Gasteiger partial charge in [-0.1, -0.05) is 0 Å². The number of nitrogens with zero attached hydrogens (tertiary/aromatic N) is 1. The van der Waals surface area contributed by atoms with Crippen LogP contribution in [0.4, 0.5) is 13.2 Å². The van der Waals surface area contributed by atoms with Crippen LogP contribution in [0.5, 0.6) is 0 Å². The van der Waals surface area contributed by atoms with E-state index in [0.717, 1.165) is 4.90 Å². The summed E-state index contributed by atoms with van der Waals surface area (Å²) in [6.07, 6.45) is -4.11. The molecule has 0 unspecified atom stereocenters. The number of alkyl halides is 3. The summed E-state index contributed by atoms with van der Waals surface area (Å²) in [4.78, 5) is 0.833. The molecular formula is C4H7F3N-. The summed E-state index contributed by atoms with van der Waals surface area (Å²) in [5.74, 6) is 0. The SMILES string of the molecule is [CH2-]N(C)CC(F)(F)F. The molecule has 0 saturated heterocycles. The van der Waals surface area contributed by atoms with Crippen LogP contribution in [0.25, 0.3) is 0 Å². The Morgan fingerprint density at radius 3 is 1.88 bits per heavy atom. The van der Waals surface area contributed by atoms with Crippen molar-refractivity contribution in [3.8, 4) is 0 Å². The highest BCUT2D eigenvalue weighted by Crippen LogP contribution is 2.14. The molecule has 0 aliphatic carbocycles. The van der Waals surface area contributed by atoms with Crippen LogP contribution in [-0.2, 0) is 0 Å². The molecule has 0 atom stereocenters. The van der Waals surface area contributed by atoms with Crippen molar-refractivity contribution in [2.75, 3.05) is 13.6 Å². The molecule has 0 spiro atoms. The summed E-state index contributed by atoms with van der Waals surface area (Å²) in [5, 5.41) is 0. The van der Waals surface area contributed by atoms with Crippen molar-refractivity contribution >= 4 is 0 Å². The van der Waals surface area contributed by atoms with Gasteiger partial charge in [-0.25, -0.2) is 0 Å². The zero-order valence-electron chi connectivity index (χ0n) is 4.50. The van der Waals surface area contributed by atoms with Gasteiger partial charge in [-0.3, -0.25) is 7.05 Å². The first kappa shape index (κ1) is 7.75. The Labute approximate surface area is 46.1 Å². The second-order valence-electron chi connectivity index (χ2n) is 1.63. The maximum Gasteiger partial charge on any atom is 0.398 e. The van der Waals surface area contributed by atoms with Gasteiger partial charge in [-0.05, 0) is 7.05 Å². The maximum absolute atomic E-state index is 11.2. The van der Waals surface area contributed by atoms with Gasteiger partial charge < -0.3 is 4.90 Å². The highest BCUT2D eigenvalue weighted by Gasteiger charge is 2.25. The van der Waals surface area contributed by atoms with Crippen LogP contribution in [0, 0.1) is 7.05 Å². The van der Waals surface area contributed by atoms with Crippen molar-refractivity contribution in [2.45, 2.75) is 6.18 Å². The van der Waals surface area contributed by atoms with Gasteiger partial charge in [-0.15, -0.1) is 0 Å². The van der Waals surface area contributed by atoms with Gasteiger partial charge in [0.15, 0.2) is 0 Å². The van der Waals surface area contributed by atoms with Crippen molar-refractivity contribution in [3.63, 3.8) is 0 Å². The van der Waals surface area contributed by atoms with Crippen LogP contribution in [0.3, 0.4) is 0 Å². The predicted octanol–water partition coefficient (Wildman–Crippen LogP) is 1.27. The lowest BCUT2D eigenvalue weighted by atomic mass is 10.6. The van der Waals surface area contributed by atoms with Crippen molar-refractivity contribution in [3.05, 3.63) is 7.05 Å². The summed E-state index contributed by atoms with van der Waals surface area (Å²) >= 11 is 0. The zero-order valence-corrected chi connectivity index (χ0v) is 4.50. The van der Waals surface area contributed by atoms with Gasteiger partial charge in [0.25, 0.3) is 0 Å². The molecule has 0 aromatic heterocycles. The van der Waals surface area contributed by atoms with E-state index in [4.69, 9.17) is 0 Å². The van der Waals surface area contributed by atoms with Crippen molar-refractivity contribution in [2.24, 2.45) is 0 Å². The van der Waals surface area contributed by atoms with Crippen LogP contribution in [0.2, 0.25) is 0 Å². The average molecular weight is 126 g/mol. The molecule has 4 heteroatoms. The molecule has 50 valence electrons. The van der Waals surface area contributed by atoms with Crippen molar-refractivity contribution in [1.29, 1.82) is 0 Å². The van der Waals surface area contributed by atoms with Crippen LogP contribution in [0.1, 0.15) is 0 Å². The molecule has 0 saturated carbocycles. The van der Waals surface area contributed by atoms with Gasteiger partial charge >= 0.3 is 6.18 Å². The molecule has 0 aromatic carbocycles. The molecule has 0 fully saturated rings. The van der Waals surface area contributed by atoms with Gasteiger partial charge in [0.05, 0.1) is 6.54 Å². The van der Waals surface area contributed by atoms with Crippen molar-refractivity contribution in [1.82, 2.24) is 4.90 Å². The first-order valence-electron chi connectivity index (χ1n) is 2.00. The number of hydrogen-bond donors (Lipinski definition) is 0. The average Bonchev–Trinajstić information content (AvgIpc) is 1.21. The van der Waals surface area contributed by atoms with E-state index in [1.54, 1.807) is 0 Å². The van der Waals surface area contributed by atoms with E-state index < -0.39 is 12.7 Å². The monoisotopic (exact) mass is 126 g/mol. The fraction of sp³-hybridized carbons (Fsp3) is 0.750. The fourth-order valence-corrected chi connectivity index (χ4v) is 0.306. The summed E-state index contributed by atoms with van der Waals surface area (Å²) < 4.78 is 33.7. The zero-order chi connectivity index (χ0) is 6.78. The van der Waals surface area contributed by atoms with E-state index in [1.807, 2.05) is 0 Å². The summed E-state index contributed by atoms with van der Waals surface area (Å²) in [6, 6.07) is 0. The smallest absolute Gasteiger partial charge is 0.398 e. The Morgan fingerprint density at radius 2 is 1.88 bits per heavy atom. The minimum atomic E-state index is -4.11. The quantitative estimate of drug-likeness (QED) is 0.478. The Kier molecular flexibility index (Phi) is 2.27. The van der Waals surface area contributed by atoms with Crippen LogP contribution >= 0.6 is 0 Å². The highest BCUT2D eigenvalue weighted by atomic mass is 19.4. The summed E-state index contributed by atoms with van der Waals surface area (Å²) in [5.41, 5.74) is 0. The second kappa shape index (κ2) is 2.35. The summed E-state index contributed by atoms with van der Waals surface area (Å²) in [6.45, 7) is -0.951. The molecule has 0 aliphatic rings. The molecule has 0 radical (unpaired) electrons. The first-order chi connectivity index (χ1) is 3.42. The molecule has 0 aliphatic heterocycles. The normalized spacial score (nSPS) is 12.8. The van der Waals surface area contributed by atoms with E-state index in [2.05, 4.69) is 7.05 Å². The Hall–Kier alpha value is -0.250. The largest absolute Gasteiger partial charge is 0.454 e. The van der Waals surface area contributed by atoms with E-state index in [9.17, 15) is 13.2 Å². The minimum absolute atomic E-state index is 0.833. The molecule has 0 rings (SSSR count).